The Morgan fingerprint density at radius 3 is 2.83 bits per heavy atom. The Hall–Kier alpha value is -1.62. The molecule has 0 aromatic heterocycles. The topological polar surface area (TPSA) is 58.6 Å². The molecule has 1 amide bonds. The minimum atomic E-state index is -0.445. The average Bonchev–Trinajstić information content (AvgIpc) is 2.38. The minimum absolute atomic E-state index is 0.0869. The number of benzene rings is 1. The molecule has 0 fully saturated rings. The van der Waals surface area contributed by atoms with Gasteiger partial charge in [0.2, 0.25) is 5.91 Å². The molecule has 0 saturated carbocycles. The number of carbonyl (C=O) groups excluding carboxylic acids is 1. The number of amides is 1. The van der Waals surface area contributed by atoms with Crippen LogP contribution in [-0.2, 0) is 4.79 Å². The molecule has 0 aliphatic carbocycles. The third kappa shape index (κ3) is 4.71. The number of hydrogen-bond donors (Lipinski definition) is 2. The Balaban J connectivity index is 2.29. The fourth-order valence-corrected chi connectivity index (χ4v) is 1.39. The van der Waals surface area contributed by atoms with Gasteiger partial charge in [0.15, 0.2) is 11.6 Å². The first-order valence-corrected chi connectivity index (χ1v) is 5.95. The van der Waals surface area contributed by atoms with Crippen molar-refractivity contribution in [2.75, 3.05) is 13.2 Å². The minimum Gasteiger partial charge on any atom is -0.490 e. The van der Waals surface area contributed by atoms with Gasteiger partial charge in [-0.2, -0.15) is 0 Å². The van der Waals surface area contributed by atoms with E-state index in [4.69, 9.17) is 9.84 Å². The first-order chi connectivity index (χ1) is 8.67. The van der Waals surface area contributed by atoms with E-state index < -0.39 is 5.82 Å². The van der Waals surface area contributed by atoms with E-state index >= 15 is 0 Å². The molecule has 0 aliphatic rings. The van der Waals surface area contributed by atoms with Crippen LogP contribution in [0, 0.1) is 5.82 Å². The van der Waals surface area contributed by atoms with Crippen molar-refractivity contribution in [2.45, 2.75) is 25.8 Å². The maximum absolute atomic E-state index is 13.2. The van der Waals surface area contributed by atoms with Gasteiger partial charge in [0, 0.05) is 0 Å². The van der Waals surface area contributed by atoms with Crippen LogP contribution in [0.25, 0.3) is 0 Å². The largest absolute Gasteiger partial charge is 0.490 e. The fourth-order valence-electron chi connectivity index (χ4n) is 1.39. The van der Waals surface area contributed by atoms with Crippen molar-refractivity contribution in [2.24, 2.45) is 0 Å². The summed E-state index contributed by atoms with van der Waals surface area (Å²) in [6.45, 7) is 1.89. The SMILES string of the molecule is CC[C@@H](CO)NC(=O)CCOc1ccccc1F. The van der Waals surface area contributed by atoms with E-state index in [1.54, 1.807) is 12.1 Å². The molecule has 0 aliphatic heterocycles. The molecule has 5 heteroatoms. The lowest BCUT2D eigenvalue weighted by molar-refractivity contribution is -0.122. The molecule has 1 rings (SSSR count). The molecule has 0 heterocycles. The Morgan fingerprint density at radius 2 is 2.22 bits per heavy atom. The summed E-state index contributed by atoms with van der Waals surface area (Å²) in [5, 5.41) is 11.6. The first-order valence-electron chi connectivity index (χ1n) is 5.95. The van der Waals surface area contributed by atoms with Crippen molar-refractivity contribution in [3.63, 3.8) is 0 Å². The third-order valence-electron chi connectivity index (χ3n) is 2.50. The second kappa shape index (κ2) is 7.66. The lowest BCUT2D eigenvalue weighted by atomic mass is 10.2. The summed E-state index contributed by atoms with van der Waals surface area (Å²) in [4.78, 5) is 11.5. The summed E-state index contributed by atoms with van der Waals surface area (Å²) < 4.78 is 18.3. The molecule has 1 atom stereocenters. The summed E-state index contributed by atoms with van der Waals surface area (Å²) in [7, 11) is 0. The van der Waals surface area contributed by atoms with Gasteiger partial charge in [-0.15, -0.1) is 0 Å². The molecule has 1 aromatic carbocycles. The molecule has 4 nitrogen and oxygen atoms in total. The predicted octanol–water partition coefficient (Wildman–Crippen LogP) is 1.48. The number of hydrogen-bond acceptors (Lipinski definition) is 3. The van der Waals surface area contributed by atoms with Crippen LogP contribution in [0.4, 0.5) is 4.39 Å². The summed E-state index contributed by atoms with van der Waals surface area (Å²) in [6, 6.07) is 5.81. The number of aliphatic hydroxyl groups is 1. The lowest BCUT2D eigenvalue weighted by Gasteiger charge is -2.14. The van der Waals surface area contributed by atoms with Gasteiger partial charge in [0.1, 0.15) is 0 Å². The lowest BCUT2D eigenvalue weighted by Crippen LogP contribution is -2.37. The van der Waals surface area contributed by atoms with E-state index in [0.717, 1.165) is 0 Å². The van der Waals surface area contributed by atoms with Gasteiger partial charge in [-0.05, 0) is 18.6 Å². The van der Waals surface area contributed by atoms with Crippen LogP contribution in [-0.4, -0.2) is 30.3 Å². The van der Waals surface area contributed by atoms with Crippen molar-refractivity contribution in [3.8, 4) is 5.75 Å². The zero-order chi connectivity index (χ0) is 13.4. The van der Waals surface area contributed by atoms with Crippen molar-refractivity contribution in [1.82, 2.24) is 5.32 Å². The fraction of sp³-hybridized carbons (Fsp3) is 0.462. The molecular formula is C13H18FNO3. The maximum Gasteiger partial charge on any atom is 0.223 e. The Kier molecular flexibility index (Phi) is 6.14. The van der Waals surface area contributed by atoms with Crippen molar-refractivity contribution < 1.29 is 19.0 Å². The number of carbonyl (C=O) groups is 1. The zero-order valence-corrected chi connectivity index (χ0v) is 10.4. The Bertz CT molecular complexity index is 380. The van der Waals surface area contributed by atoms with Crippen molar-refractivity contribution in [1.29, 1.82) is 0 Å². The van der Waals surface area contributed by atoms with Gasteiger partial charge in [-0.3, -0.25) is 4.79 Å². The van der Waals surface area contributed by atoms with E-state index in [1.807, 2.05) is 6.92 Å². The predicted molar refractivity (Wildman–Crippen MR) is 65.8 cm³/mol. The summed E-state index contributed by atoms with van der Waals surface area (Å²) in [5.74, 6) is -0.522. The maximum atomic E-state index is 13.2. The monoisotopic (exact) mass is 255 g/mol. The highest BCUT2D eigenvalue weighted by molar-refractivity contribution is 5.76. The van der Waals surface area contributed by atoms with Gasteiger partial charge in [0.05, 0.1) is 25.7 Å². The summed E-state index contributed by atoms with van der Waals surface area (Å²) in [5.41, 5.74) is 0. The van der Waals surface area contributed by atoms with Gasteiger partial charge in [-0.1, -0.05) is 19.1 Å². The van der Waals surface area contributed by atoms with Crippen molar-refractivity contribution in [3.05, 3.63) is 30.1 Å². The third-order valence-corrected chi connectivity index (χ3v) is 2.50. The smallest absolute Gasteiger partial charge is 0.223 e. The molecular weight excluding hydrogens is 237 g/mol. The normalized spacial score (nSPS) is 11.9. The van der Waals surface area contributed by atoms with Gasteiger partial charge < -0.3 is 15.2 Å². The van der Waals surface area contributed by atoms with E-state index in [2.05, 4.69) is 5.32 Å². The standard InChI is InChI=1S/C13H18FNO3/c1-2-10(9-16)15-13(17)7-8-18-12-6-4-3-5-11(12)14/h3-6,10,16H,2,7-9H2,1H3,(H,15,17)/t10-/m0/s1. The highest BCUT2D eigenvalue weighted by Crippen LogP contribution is 2.15. The number of ether oxygens (including phenoxy) is 1. The zero-order valence-electron chi connectivity index (χ0n) is 10.4. The molecule has 0 radical (unpaired) electrons. The average molecular weight is 255 g/mol. The molecule has 0 bridgehead atoms. The van der Waals surface area contributed by atoms with E-state index in [-0.39, 0.29) is 37.3 Å². The Labute approximate surface area is 106 Å². The van der Waals surface area contributed by atoms with Gasteiger partial charge in [-0.25, -0.2) is 4.39 Å². The summed E-state index contributed by atoms with van der Waals surface area (Å²) in [6.07, 6.45) is 0.793. The van der Waals surface area contributed by atoms with Gasteiger partial charge >= 0.3 is 0 Å². The number of rotatable bonds is 7. The van der Waals surface area contributed by atoms with Crippen LogP contribution in [0.1, 0.15) is 19.8 Å². The second-order valence-electron chi connectivity index (χ2n) is 3.88. The van der Waals surface area contributed by atoms with E-state index in [9.17, 15) is 9.18 Å². The van der Waals surface area contributed by atoms with E-state index in [0.29, 0.717) is 6.42 Å². The summed E-state index contributed by atoms with van der Waals surface area (Å²) >= 11 is 0. The number of nitrogens with one attached hydrogen (secondary N) is 1. The second-order valence-corrected chi connectivity index (χ2v) is 3.88. The Morgan fingerprint density at radius 1 is 1.50 bits per heavy atom. The molecule has 100 valence electrons. The van der Waals surface area contributed by atoms with Gasteiger partial charge in [0.25, 0.3) is 0 Å². The number of aliphatic hydroxyl groups excluding tert-OH is 1. The van der Waals surface area contributed by atoms with Crippen molar-refractivity contribution >= 4 is 5.91 Å². The van der Waals surface area contributed by atoms with Crippen LogP contribution in [0.15, 0.2) is 24.3 Å². The molecule has 2 N–H and O–H groups in total. The van der Waals surface area contributed by atoms with Crippen LogP contribution in [0.2, 0.25) is 0 Å². The quantitative estimate of drug-likeness (QED) is 0.776. The van der Waals surface area contributed by atoms with Crippen LogP contribution in [0.3, 0.4) is 0 Å². The van der Waals surface area contributed by atoms with E-state index in [1.165, 1.54) is 12.1 Å². The molecule has 0 saturated heterocycles. The first kappa shape index (κ1) is 14.4. The number of halogens is 1. The highest BCUT2D eigenvalue weighted by Gasteiger charge is 2.09. The van der Waals surface area contributed by atoms with Crippen LogP contribution in [0.5, 0.6) is 5.75 Å². The number of para-hydroxylation sites is 1. The molecule has 0 spiro atoms. The molecule has 0 unspecified atom stereocenters. The highest BCUT2D eigenvalue weighted by atomic mass is 19.1. The molecule has 18 heavy (non-hydrogen) atoms. The van der Waals surface area contributed by atoms with Crippen LogP contribution < -0.4 is 10.1 Å². The van der Waals surface area contributed by atoms with Crippen LogP contribution >= 0.6 is 0 Å². The molecule has 1 aromatic rings.